The quantitative estimate of drug-likeness (QED) is 0.0825. The molecule has 0 saturated heterocycles. The van der Waals surface area contributed by atoms with E-state index in [0.717, 1.165) is 29.9 Å². The van der Waals surface area contributed by atoms with Crippen molar-refractivity contribution in [1.82, 2.24) is 0 Å². The SMILES string of the molecule is CCCCCCCCCCCC[N+](C)(C)CCCCCCCCCCCCOc1ccc(-c2ccc(C#N)cc2)cc1. The van der Waals surface area contributed by atoms with Crippen molar-refractivity contribution in [3.63, 3.8) is 0 Å². The minimum absolute atomic E-state index is 0.692. The van der Waals surface area contributed by atoms with Gasteiger partial charge in [-0.1, -0.05) is 128 Å². The van der Waals surface area contributed by atoms with Crippen molar-refractivity contribution >= 4 is 0 Å². The Morgan fingerprint density at radius 1 is 0.524 bits per heavy atom. The zero-order chi connectivity index (χ0) is 30.1. The molecule has 0 aliphatic carbocycles. The highest BCUT2D eigenvalue weighted by Gasteiger charge is 2.13. The topological polar surface area (TPSA) is 33.0 Å². The van der Waals surface area contributed by atoms with E-state index in [2.05, 4.69) is 39.2 Å². The van der Waals surface area contributed by atoms with E-state index in [1.54, 1.807) is 0 Å². The van der Waals surface area contributed by atoms with Crippen LogP contribution in [0.3, 0.4) is 0 Å². The zero-order valence-electron chi connectivity index (χ0n) is 27.7. The van der Waals surface area contributed by atoms with Crippen molar-refractivity contribution in [1.29, 1.82) is 5.26 Å². The van der Waals surface area contributed by atoms with Crippen molar-refractivity contribution < 1.29 is 9.22 Å². The molecule has 0 aliphatic rings. The van der Waals surface area contributed by atoms with Crippen LogP contribution in [0.25, 0.3) is 11.1 Å². The van der Waals surface area contributed by atoms with Gasteiger partial charge in [0.25, 0.3) is 0 Å². The normalized spacial score (nSPS) is 11.5. The molecule has 234 valence electrons. The van der Waals surface area contributed by atoms with Crippen LogP contribution >= 0.6 is 0 Å². The van der Waals surface area contributed by atoms with E-state index in [1.807, 2.05) is 36.4 Å². The Hall–Kier alpha value is -2.31. The predicted octanol–water partition coefficient (Wildman–Crippen LogP) is 11.5. The minimum atomic E-state index is 0.692. The molecule has 0 saturated carbocycles. The second-order valence-electron chi connectivity index (χ2n) is 13.2. The lowest BCUT2D eigenvalue weighted by molar-refractivity contribution is -0.890. The molecule has 0 amide bonds. The Labute approximate surface area is 260 Å². The molecule has 2 aromatic carbocycles. The molecule has 0 heterocycles. The van der Waals surface area contributed by atoms with Gasteiger partial charge < -0.3 is 9.22 Å². The van der Waals surface area contributed by atoms with Crippen LogP contribution in [-0.2, 0) is 0 Å². The molecule has 3 nitrogen and oxygen atoms in total. The smallest absolute Gasteiger partial charge is 0.119 e. The van der Waals surface area contributed by atoms with Crippen LogP contribution in [-0.4, -0.2) is 38.3 Å². The predicted molar refractivity (Wildman–Crippen MR) is 182 cm³/mol. The first kappa shape index (κ1) is 35.9. The van der Waals surface area contributed by atoms with E-state index in [9.17, 15) is 0 Å². The van der Waals surface area contributed by atoms with Gasteiger partial charge in [0.1, 0.15) is 5.75 Å². The fraction of sp³-hybridized carbons (Fsp3) is 0.667. The lowest BCUT2D eigenvalue weighted by Crippen LogP contribution is -2.41. The van der Waals surface area contributed by atoms with Crippen LogP contribution in [0.4, 0.5) is 0 Å². The summed E-state index contributed by atoms with van der Waals surface area (Å²) >= 11 is 0. The highest BCUT2D eigenvalue weighted by atomic mass is 16.5. The van der Waals surface area contributed by atoms with Crippen LogP contribution in [0.5, 0.6) is 5.75 Å². The second-order valence-corrected chi connectivity index (χ2v) is 13.2. The van der Waals surface area contributed by atoms with Gasteiger partial charge >= 0.3 is 0 Å². The monoisotopic (exact) mass is 575 g/mol. The molecule has 3 heteroatoms. The average Bonchev–Trinajstić information content (AvgIpc) is 3.00. The molecule has 2 rings (SSSR count). The molecule has 0 atom stereocenters. The van der Waals surface area contributed by atoms with Gasteiger partial charge in [-0.25, -0.2) is 0 Å². The number of hydrogen-bond donors (Lipinski definition) is 0. The number of rotatable bonds is 26. The summed E-state index contributed by atoms with van der Waals surface area (Å²) in [5, 5.41) is 8.95. The summed E-state index contributed by atoms with van der Waals surface area (Å²) in [5.41, 5.74) is 2.96. The molecule has 0 aliphatic heterocycles. The van der Waals surface area contributed by atoms with E-state index in [-0.39, 0.29) is 0 Å². The summed E-state index contributed by atoms with van der Waals surface area (Å²) in [6, 6.07) is 18.2. The third kappa shape index (κ3) is 17.6. The Morgan fingerprint density at radius 3 is 1.33 bits per heavy atom. The summed E-state index contributed by atoms with van der Waals surface area (Å²) < 4.78 is 7.16. The summed E-state index contributed by atoms with van der Waals surface area (Å²) in [6.07, 6.45) is 27.8. The van der Waals surface area contributed by atoms with Gasteiger partial charge in [-0.3, -0.25) is 0 Å². The summed E-state index contributed by atoms with van der Waals surface area (Å²) in [7, 11) is 4.88. The largest absolute Gasteiger partial charge is 0.494 e. The van der Waals surface area contributed by atoms with Crippen LogP contribution in [0.2, 0.25) is 0 Å². The molecule has 2 aromatic rings. The first-order valence-corrected chi connectivity index (χ1v) is 17.6. The summed E-state index contributed by atoms with van der Waals surface area (Å²) in [4.78, 5) is 0. The van der Waals surface area contributed by atoms with Crippen LogP contribution < -0.4 is 4.74 Å². The molecule has 0 bridgehead atoms. The fourth-order valence-corrected chi connectivity index (χ4v) is 5.87. The number of benzene rings is 2. The fourth-order valence-electron chi connectivity index (χ4n) is 5.87. The van der Waals surface area contributed by atoms with Crippen molar-refractivity contribution in [2.45, 2.75) is 135 Å². The van der Waals surface area contributed by atoms with E-state index in [1.165, 1.54) is 140 Å². The molecular formula is C39H63N2O+. The maximum atomic E-state index is 8.95. The van der Waals surface area contributed by atoms with Crippen molar-refractivity contribution in [3.05, 3.63) is 54.1 Å². The van der Waals surface area contributed by atoms with Crippen LogP contribution in [0.1, 0.15) is 141 Å². The minimum Gasteiger partial charge on any atom is -0.494 e. The highest BCUT2D eigenvalue weighted by Crippen LogP contribution is 2.23. The molecule has 0 aromatic heterocycles. The first-order valence-electron chi connectivity index (χ1n) is 17.6. The highest BCUT2D eigenvalue weighted by molar-refractivity contribution is 5.64. The van der Waals surface area contributed by atoms with Gasteiger partial charge in [0.05, 0.1) is 45.4 Å². The van der Waals surface area contributed by atoms with Gasteiger partial charge in [0.2, 0.25) is 0 Å². The molecule has 42 heavy (non-hydrogen) atoms. The number of nitriles is 1. The average molecular weight is 576 g/mol. The molecule has 0 N–H and O–H groups in total. The lowest BCUT2D eigenvalue weighted by atomic mass is 10.0. The number of unbranched alkanes of at least 4 members (excludes halogenated alkanes) is 18. The maximum Gasteiger partial charge on any atom is 0.119 e. The number of hydrogen-bond acceptors (Lipinski definition) is 2. The van der Waals surface area contributed by atoms with Gasteiger partial charge in [0, 0.05) is 0 Å². The van der Waals surface area contributed by atoms with Crippen molar-refractivity contribution in [2.75, 3.05) is 33.8 Å². The van der Waals surface area contributed by atoms with E-state index in [4.69, 9.17) is 10.00 Å². The van der Waals surface area contributed by atoms with E-state index in [0.29, 0.717) is 5.56 Å². The Morgan fingerprint density at radius 2 is 0.905 bits per heavy atom. The Balaban J connectivity index is 1.35. The number of ether oxygens (including phenoxy) is 1. The summed E-state index contributed by atoms with van der Waals surface area (Å²) in [6.45, 7) is 5.80. The molecule has 0 unspecified atom stereocenters. The van der Waals surface area contributed by atoms with Gasteiger partial charge in [-0.05, 0) is 67.5 Å². The molecule has 0 spiro atoms. The lowest BCUT2D eigenvalue weighted by Gasteiger charge is -2.30. The molecule has 0 fully saturated rings. The van der Waals surface area contributed by atoms with E-state index < -0.39 is 0 Å². The van der Waals surface area contributed by atoms with Gasteiger partial charge in [-0.15, -0.1) is 0 Å². The Kier molecular flexibility index (Phi) is 19.8. The standard InChI is InChI=1S/C39H63N2O/c1-4-5-6-7-8-9-12-15-18-21-32-41(2,3)33-22-19-16-13-10-11-14-17-20-23-34-42-39-30-28-38(29-31-39)37-26-24-36(35-40)25-27-37/h24-31H,4-23,32-34H2,1-3H3/q+1. The van der Waals surface area contributed by atoms with Crippen LogP contribution in [0.15, 0.2) is 48.5 Å². The third-order valence-electron chi connectivity index (χ3n) is 8.75. The van der Waals surface area contributed by atoms with Gasteiger partial charge in [0.15, 0.2) is 0 Å². The summed E-state index contributed by atoms with van der Waals surface area (Å²) in [5.74, 6) is 0.938. The first-order chi connectivity index (χ1) is 20.5. The van der Waals surface area contributed by atoms with Crippen molar-refractivity contribution in [3.8, 4) is 22.9 Å². The maximum absolute atomic E-state index is 8.95. The molecular weight excluding hydrogens is 512 g/mol. The third-order valence-corrected chi connectivity index (χ3v) is 8.75. The number of quaternary nitrogens is 1. The Bertz CT molecular complexity index is 942. The van der Waals surface area contributed by atoms with Gasteiger partial charge in [-0.2, -0.15) is 5.26 Å². The van der Waals surface area contributed by atoms with E-state index >= 15 is 0 Å². The number of nitrogens with zero attached hydrogens (tertiary/aromatic N) is 2. The van der Waals surface area contributed by atoms with Crippen molar-refractivity contribution in [2.24, 2.45) is 0 Å². The second kappa shape index (κ2) is 23.2. The zero-order valence-corrected chi connectivity index (χ0v) is 27.7. The molecule has 0 radical (unpaired) electrons. The van der Waals surface area contributed by atoms with Crippen LogP contribution in [0, 0.1) is 11.3 Å².